The molecule has 4 aliphatic rings. The maximum atomic E-state index is 11.8. The van der Waals surface area contributed by atoms with Gasteiger partial charge in [0.2, 0.25) is 0 Å². The molecule has 4 saturated carbocycles. The van der Waals surface area contributed by atoms with Gasteiger partial charge < -0.3 is 26.4 Å². The monoisotopic (exact) mass is 561 g/mol. The van der Waals surface area contributed by atoms with Crippen LogP contribution in [0.2, 0.25) is 0 Å². The minimum Gasteiger partial charge on any atom is -0.469 e. The van der Waals surface area contributed by atoms with Gasteiger partial charge in [-0.3, -0.25) is 4.79 Å². The molecule has 9 atom stereocenters. The van der Waals surface area contributed by atoms with Gasteiger partial charge in [0.25, 0.3) is 0 Å². The Morgan fingerprint density at radius 3 is 2.27 bits per heavy atom. The first-order valence-corrected chi connectivity index (χ1v) is 17.2. The highest BCUT2D eigenvalue weighted by Crippen LogP contribution is 2.68. The Bertz CT molecular complexity index is 779. The number of carbonyl (C=O) groups is 1. The average Bonchev–Trinajstić information content (AvgIpc) is 3.31. The van der Waals surface area contributed by atoms with Crippen LogP contribution in [0.15, 0.2) is 0 Å². The van der Waals surface area contributed by atoms with Crippen molar-refractivity contribution in [1.82, 2.24) is 16.0 Å². The number of methoxy groups -OCH3 is 1. The van der Waals surface area contributed by atoms with E-state index in [1.54, 1.807) is 0 Å². The fourth-order valence-electron chi connectivity index (χ4n) is 10.4. The van der Waals surface area contributed by atoms with Crippen LogP contribution < -0.4 is 21.7 Å². The van der Waals surface area contributed by atoms with Crippen LogP contribution in [0.5, 0.6) is 0 Å². The number of hydrogen-bond donors (Lipinski definition) is 4. The summed E-state index contributed by atoms with van der Waals surface area (Å²) in [6, 6.07) is 0.724. The van der Waals surface area contributed by atoms with Crippen LogP contribution >= 0.6 is 0 Å². The van der Waals surface area contributed by atoms with Crippen LogP contribution in [0.3, 0.4) is 0 Å². The van der Waals surface area contributed by atoms with Crippen LogP contribution in [0.1, 0.15) is 111 Å². The highest BCUT2D eigenvalue weighted by Gasteiger charge is 2.60. The van der Waals surface area contributed by atoms with Gasteiger partial charge in [-0.25, -0.2) is 0 Å². The topological polar surface area (TPSA) is 88.4 Å². The Balaban J connectivity index is 1.19. The largest absolute Gasteiger partial charge is 0.469 e. The number of hydrogen-bond acceptors (Lipinski definition) is 6. The lowest BCUT2D eigenvalue weighted by Gasteiger charge is -2.61. The third kappa shape index (κ3) is 7.44. The standard InChI is InChI=1S/C34H64N4O2/c1-25(8-13-32(39)40-4)29-11-12-30-28-10-9-26-24-27(14-16-33(26,2)31(28)15-17-34(29,30)3)38-23-7-22-37-21-6-20-36-19-5-18-35/h25-31,36-38H,5-24,35H2,1-4H3/t25-,26?,27+,28?,29-,30?,31?,33+,34-/m1/s1. The Kier molecular flexibility index (Phi) is 12.2. The van der Waals surface area contributed by atoms with Gasteiger partial charge >= 0.3 is 5.97 Å². The molecule has 4 unspecified atom stereocenters. The van der Waals surface area contributed by atoms with E-state index in [0.29, 0.717) is 23.2 Å². The average molecular weight is 561 g/mol. The van der Waals surface area contributed by atoms with Crippen molar-refractivity contribution >= 4 is 5.97 Å². The molecular formula is C34H64N4O2. The molecule has 6 heteroatoms. The summed E-state index contributed by atoms with van der Waals surface area (Å²) in [5.74, 6) is 5.04. The van der Waals surface area contributed by atoms with Gasteiger partial charge in [0.15, 0.2) is 0 Å². The summed E-state index contributed by atoms with van der Waals surface area (Å²) >= 11 is 0. The molecule has 0 aromatic heterocycles. The maximum Gasteiger partial charge on any atom is 0.305 e. The summed E-state index contributed by atoms with van der Waals surface area (Å²) in [5, 5.41) is 11.0. The number of rotatable bonds is 16. The maximum absolute atomic E-state index is 11.8. The molecule has 232 valence electrons. The molecule has 0 aliphatic heterocycles. The molecular weight excluding hydrogens is 496 g/mol. The number of nitrogens with one attached hydrogen (secondary N) is 3. The van der Waals surface area contributed by atoms with Crippen molar-refractivity contribution < 1.29 is 9.53 Å². The van der Waals surface area contributed by atoms with E-state index in [0.717, 1.165) is 87.7 Å². The highest BCUT2D eigenvalue weighted by molar-refractivity contribution is 5.69. The molecule has 40 heavy (non-hydrogen) atoms. The molecule has 0 aromatic rings. The molecule has 0 heterocycles. The van der Waals surface area contributed by atoms with Crippen molar-refractivity contribution in [2.24, 2.45) is 52.1 Å². The van der Waals surface area contributed by atoms with Gasteiger partial charge in [-0.05, 0) is 169 Å². The minimum atomic E-state index is -0.0404. The zero-order valence-electron chi connectivity index (χ0n) is 26.6. The van der Waals surface area contributed by atoms with E-state index in [2.05, 4.69) is 36.7 Å². The molecule has 4 aliphatic carbocycles. The molecule has 0 aromatic carbocycles. The van der Waals surface area contributed by atoms with E-state index in [9.17, 15) is 4.79 Å². The third-order valence-electron chi connectivity index (χ3n) is 12.7. The van der Waals surface area contributed by atoms with Crippen LogP contribution in [0, 0.1) is 46.3 Å². The van der Waals surface area contributed by atoms with Gasteiger partial charge in [0.05, 0.1) is 7.11 Å². The summed E-state index contributed by atoms with van der Waals surface area (Å²) in [6.45, 7) is 14.1. The van der Waals surface area contributed by atoms with E-state index in [1.807, 2.05) is 0 Å². The van der Waals surface area contributed by atoms with Crippen LogP contribution in [-0.2, 0) is 9.53 Å². The summed E-state index contributed by atoms with van der Waals surface area (Å²) in [5.41, 5.74) is 6.57. The Morgan fingerprint density at radius 2 is 1.55 bits per heavy atom. The summed E-state index contributed by atoms with van der Waals surface area (Å²) in [7, 11) is 1.52. The fraction of sp³-hybridized carbons (Fsp3) is 0.971. The number of esters is 1. The minimum absolute atomic E-state index is 0.0404. The molecule has 0 bridgehead atoms. The number of carbonyl (C=O) groups excluding carboxylic acids is 1. The lowest BCUT2D eigenvalue weighted by molar-refractivity contribution is -0.141. The molecule has 0 amide bonds. The lowest BCUT2D eigenvalue weighted by atomic mass is 9.44. The van der Waals surface area contributed by atoms with Crippen molar-refractivity contribution in [1.29, 1.82) is 0 Å². The van der Waals surface area contributed by atoms with Gasteiger partial charge in [-0.1, -0.05) is 20.8 Å². The van der Waals surface area contributed by atoms with E-state index in [-0.39, 0.29) is 5.97 Å². The number of nitrogens with two attached hydrogens (primary N) is 1. The number of fused-ring (bicyclic) bond motifs is 5. The highest BCUT2D eigenvalue weighted by atomic mass is 16.5. The van der Waals surface area contributed by atoms with Crippen LogP contribution in [0.4, 0.5) is 0 Å². The molecule has 6 nitrogen and oxygen atoms in total. The second-order valence-corrected chi connectivity index (χ2v) is 14.8. The van der Waals surface area contributed by atoms with Crippen LogP contribution in [-0.4, -0.2) is 58.4 Å². The molecule has 0 radical (unpaired) electrons. The van der Waals surface area contributed by atoms with E-state index >= 15 is 0 Å². The first-order chi connectivity index (χ1) is 19.3. The molecule has 5 N–H and O–H groups in total. The molecule has 0 spiro atoms. The summed E-state index contributed by atoms with van der Waals surface area (Å²) < 4.78 is 4.94. The van der Waals surface area contributed by atoms with Crippen molar-refractivity contribution in [2.45, 2.75) is 117 Å². The number of ether oxygens (including phenoxy) is 1. The van der Waals surface area contributed by atoms with Gasteiger partial charge in [-0.15, -0.1) is 0 Å². The van der Waals surface area contributed by atoms with Gasteiger partial charge in [0, 0.05) is 12.5 Å². The zero-order chi connectivity index (χ0) is 28.6. The second-order valence-electron chi connectivity index (χ2n) is 14.8. The summed E-state index contributed by atoms with van der Waals surface area (Å²) in [6.07, 6.45) is 17.8. The normalized spacial score (nSPS) is 37.8. The smallest absolute Gasteiger partial charge is 0.305 e. The molecule has 0 saturated heterocycles. The molecule has 4 rings (SSSR count). The predicted molar refractivity (Wildman–Crippen MR) is 166 cm³/mol. The Labute approximate surface area is 246 Å². The SMILES string of the molecule is COC(=O)CC[C@@H](C)[C@H]1CCC2C3CCC4C[C@@H](NCCCNCCCNCCCN)CC[C@]4(C)C3CC[C@@]21C. The first-order valence-electron chi connectivity index (χ1n) is 17.2. The van der Waals surface area contributed by atoms with E-state index in [1.165, 1.54) is 77.7 Å². The van der Waals surface area contributed by atoms with Crippen molar-refractivity contribution in [3.63, 3.8) is 0 Å². The Morgan fingerprint density at radius 1 is 0.875 bits per heavy atom. The fourth-order valence-corrected chi connectivity index (χ4v) is 10.4. The quantitative estimate of drug-likeness (QED) is 0.147. The summed E-state index contributed by atoms with van der Waals surface area (Å²) in [4.78, 5) is 11.8. The Hall–Kier alpha value is -0.690. The second kappa shape index (κ2) is 15.2. The predicted octanol–water partition coefficient (Wildman–Crippen LogP) is 5.50. The van der Waals surface area contributed by atoms with Crippen molar-refractivity contribution in [2.75, 3.05) is 46.4 Å². The first kappa shape index (κ1) is 32.2. The van der Waals surface area contributed by atoms with Crippen LogP contribution in [0.25, 0.3) is 0 Å². The van der Waals surface area contributed by atoms with Crippen molar-refractivity contribution in [3.05, 3.63) is 0 Å². The zero-order valence-corrected chi connectivity index (χ0v) is 26.6. The lowest BCUT2D eigenvalue weighted by Crippen LogP contribution is -2.55. The van der Waals surface area contributed by atoms with Gasteiger partial charge in [0.1, 0.15) is 0 Å². The van der Waals surface area contributed by atoms with E-state index < -0.39 is 0 Å². The van der Waals surface area contributed by atoms with Crippen molar-refractivity contribution in [3.8, 4) is 0 Å². The molecule has 4 fully saturated rings. The van der Waals surface area contributed by atoms with Gasteiger partial charge in [-0.2, -0.15) is 0 Å². The third-order valence-corrected chi connectivity index (χ3v) is 12.7. The van der Waals surface area contributed by atoms with E-state index in [4.69, 9.17) is 10.5 Å².